The molecule has 2 N–H and O–H groups in total. The Balaban J connectivity index is 1.16. The van der Waals surface area contributed by atoms with Gasteiger partial charge in [-0.25, -0.2) is 0 Å². The first kappa shape index (κ1) is 36.0. The minimum atomic E-state index is -5.02. The number of nitrogens with zero attached hydrogens (tertiary/aromatic N) is 2. The van der Waals surface area contributed by atoms with E-state index < -0.39 is 30.3 Å². The van der Waals surface area contributed by atoms with Crippen LogP contribution in [0.25, 0.3) is 11.1 Å². The first-order valence-electron chi connectivity index (χ1n) is 17.8. The number of carbonyl (C=O) groups is 2. The molecule has 6 rings (SSSR count). The smallest absolute Gasteiger partial charge is 0.392 e. The Morgan fingerprint density at radius 3 is 2.20 bits per heavy atom. The molecular formula is C39H46F3N3O5. The SMILES string of the molecule is O=C(NCc1ccccc1-c1ccc(C2OC(CN3CCCCCCC3)CC(c3ccc(CO)cc3)O2)cc1)C1CCCN1C(=O)C(F)(F)F. The van der Waals surface area contributed by atoms with E-state index in [1.807, 2.05) is 72.8 Å². The summed E-state index contributed by atoms with van der Waals surface area (Å²) in [7, 11) is 0. The molecule has 3 aromatic carbocycles. The van der Waals surface area contributed by atoms with Gasteiger partial charge in [0.1, 0.15) is 6.04 Å². The molecule has 4 unspecified atom stereocenters. The molecule has 3 aliphatic heterocycles. The Bertz CT molecular complexity index is 1580. The number of benzene rings is 3. The summed E-state index contributed by atoms with van der Waals surface area (Å²) < 4.78 is 52.5. The number of hydrogen-bond acceptors (Lipinski definition) is 6. The lowest BCUT2D eigenvalue weighted by Crippen LogP contribution is -2.50. The van der Waals surface area contributed by atoms with E-state index in [4.69, 9.17) is 9.47 Å². The molecule has 0 aromatic heterocycles. The van der Waals surface area contributed by atoms with Crippen LogP contribution in [0.15, 0.2) is 72.8 Å². The summed E-state index contributed by atoms with van der Waals surface area (Å²) in [5, 5.41) is 12.3. The fourth-order valence-electron chi connectivity index (χ4n) is 7.34. The monoisotopic (exact) mass is 693 g/mol. The molecule has 0 aliphatic carbocycles. The van der Waals surface area contributed by atoms with Crippen molar-refractivity contribution in [2.75, 3.05) is 26.2 Å². The van der Waals surface area contributed by atoms with Gasteiger partial charge in [-0.3, -0.25) is 9.59 Å². The number of alkyl halides is 3. The first-order chi connectivity index (χ1) is 24.2. The van der Waals surface area contributed by atoms with Gasteiger partial charge in [0, 0.05) is 31.6 Å². The summed E-state index contributed by atoms with van der Waals surface area (Å²) in [5.74, 6) is -2.57. The number of ether oxygens (including phenoxy) is 2. The van der Waals surface area contributed by atoms with Gasteiger partial charge in [0.05, 0.1) is 18.8 Å². The highest BCUT2D eigenvalue weighted by Crippen LogP contribution is 2.39. The van der Waals surface area contributed by atoms with Gasteiger partial charge in [-0.2, -0.15) is 13.2 Å². The van der Waals surface area contributed by atoms with Crippen molar-refractivity contribution in [1.82, 2.24) is 15.1 Å². The number of carbonyl (C=O) groups excluding carboxylic acids is 2. The summed E-state index contributed by atoms with van der Waals surface area (Å²) in [6, 6.07) is 22.2. The topological polar surface area (TPSA) is 91.3 Å². The molecule has 3 aliphatic rings. The van der Waals surface area contributed by atoms with Crippen LogP contribution in [-0.2, 0) is 32.2 Å². The van der Waals surface area contributed by atoms with Crippen LogP contribution in [0.4, 0.5) is 13.2 Å². The summed E-state index contributed by atoms with van der Waals surface area (Å²) in [4.78, 5) is 28.0. The van der Waals surface area contributed by atoms with E-state index in [2.05, 4.69) is 10.2 Å². The van der Waals surface area contributed by atoms with Crippen molar-refractivity contribution in [3.63, 3.8) is 0 Å². The Morgan fingerprint density at radius 2 is 1.50 bits per heavy atom. The van der Waals surface area contributed by atoms with Gasteiger partial charge in [0.2, 0.25) is 5.91 Å². The maximum absolute atomic E-state index is 13.1. The Kier molecular flexibility index (Phi) is 11.9. The molecule has 0 saturated carbocycles. The third-order valence-corrected chi connectivity index (χ3v) is 10.0. The van der Waals surface area contributed by atoms with Gasteiger partial charge in [-0.15, -0.1) is 0 Å². The third-order valence-electron chi connectivity index (χ3n) is 10.0. The summed E-state index contributed by atoms with van der Waals surface area (Å²) >= 11 is 0. The minimum absolute atomic E-state index is 0.0148. The Morgan fingerprint density at radius 1 is 0.820 bits per heavy atom. The number of aliphatic hydroxyl groups is 1. The van der Waals surface area contributed by atoms with Crippen LogP contribution in [0.5, 0.6) is 0 Å². The maximum Gasteiger partial charge on any atom is 0.471 e. The van der Waals surface area contributed by atoms with Crippen molar-refractivity contribution < 1.29 is 37.3 Å². The largest absolute Gasteiger partial charge is 0.471 e. The standard InChI is InChI=1S/C39H46F3N3O5/c40-39(41,42)38(48)45-22-8-11-34(45)36(47)43-24-31-9-4-5-10-33(31)28-16-18-30(19-17-28)37-49-32(25-44-20-6-2-1-3-7-21-44)23-35(50-37)29-14-12-27(26-46)13-15-29/h4-5,9-10,12-19,32,34-35,37,46H,1-3,6-8,11,20-26H2,(H,43,47). The fourth-order valence-corrected chi connectivity index (χ4v) is 7.34. The van der Waals surface area contributed by atoms with Gasteiger partial charge in [0.25, 0.3) is 0 Å². The number of aliphatic hydroxyl groups excluding tert-OH is 1. The van der Waals surface area contributed by atoms with Crippen LogP contribution in [0, 0.1) is 0 Å². The lowest BCUT2D eigenvalue weighted by molar-refractivity contribution is -0.253. The van der Waals surface area contributed by atoms with Crippen molar-refractivity contribution in [1.29, 1.82) is 0 Å². The van der Waals surface area contributed by atoms with Gasteiger partial charge < -0.3 is 29.7 Å². The van der Waals surface area contributed by atoms with Gasteiger partial charge in [-0.1, -0.05) is 92.1 Å². The molecule has 3 aromatic rings. The van der Waals surface area contributed by atoms with E-state index in [1.54, 1.807) is 0 Å². The molecule has 2 amide bonds. The van der Waals surface area contributed by atoms with E-state index in [0.29, 0.717) is 11.3 Å². The molecule has 0 radical (unpaired) electrons. The molecule has 4 atom stereocenters. The molecule has 11 heteroatoms. The molecule has 3 heterocycles. The summed E-state index contributed by atoms with van der Waals surface area (Å²) in [6.45, 7) is 2.97. The first-order valence-corrected chi connectivity index (χ1v) is 17.8. The van der Waals surface area contributed by atoms with Crippen LogP contribution >= 0.6 is 0 Å². The molecule has 3 saturated heterocycles. The number of hydrogen-bond donors (Lipinski definition) is 2. The third kappa shape index (κ3) is 8.93. The predicted molar refractivity (Wildman–Crippen MR) is 182 cm³/mol. The number of rotatable bonds is 9. The van der Waals surface area contributed by atoms with E-state index in [-0.39, 0.29) is 38.3 Å². The molecule has 8 nitrogen and oxygen atoms in total. The molecule has 3 fully saturated rings. The normalized spacial score (nSPS) is 23.6. The van der Waals surface area contributed by atoms with Gasteiger partial charge in [-0.05, 0) is 66.6 Å². The maximum atomic E-state index is 13.1. The second-order valence-electron chi connectivity index (χ2n) is 13.6. The summed E-state index contributed by atoms with van der Waals surface area (Å²) in [5.41, 5.74) is 5.34. The van der Waals surface area contributed by atoms with Crippen molar-refractivity contribution in [2.45, 2.75) is 95.2 Å². The van der Waals surface area contributed by atoms with E-state index in [0.717, 1.165) is 59.4 Å². The molecule has 0 spiro atoms. The zero-order valence-corrected chi connectivity index (χ0v) is 28.2. The van der Waals surface area contributed by atoms with Gasteiger partial charge >= 0.3 is 12.1 Å². The molecule has 0 bridgehead atoms. The van der Waals surface area contributed by atoms with Crippen molar-refractivity contribution in [3.05, 3.63) is 95.1 Å². The highest BCUT2D eigenvalue weighted by molar-refractivity contribution is 5.90. The Hall–Kier alpha value is -3.77. The van der Waals surface area contributed by atoms with Crippen LogP contribution in [-0.4, -0.2) is 71.2 Å². The Labute approximate surface area is 291 Å². The highest BCUT2D eigenvalue weighted by atomic mass is 19.4. The quantitative estimate of drug-likeness (QED) is 0.256. The second kappa shape index (κ2) is 16.5. The van der Waals surface area contributed by atoms with Crippen molar-refractivity contribution in [3.8, 4) is 11.1 Å². The number of likely N-dealkylation sites (tertiary alicyclic amines) is 2. The molecule has 50 heavy (non-hydrogen) atoms. The van der Waals surface area contributed by atoms with Crippen molar-refractivity contribution in [2.24, 2.45) is 0 Å². The number of halogens is 3. The van der Waals surface area contributed by atoms with E-state index in [9.17, 15) is 27.9 Å². The van der Waals surface area contributed by atoms with Crippen molar-refractivity contribution >= 4 is 11.8 Å². The molecule has 268 valence electrons. The van der Waals surface area contributed by atoms with Crippen LogP contribution in [0.1, 0.15) is 86.0 Å². The average molecular weight is 694 g/mol. The van der Waals surface area contributed by atoms with E-state index in [1.165, 1.54) is 32.1 Å². The minimum Gasteiger partial charge on any atom is -0.392 e. The van der Waals surface area contributed by atoms with Gasteiger partial charge in [0.15, 0.2) is 6.29 Å². The zero-order valence-electron chi connectivity index (χ0n) is 28.2. The van der Waals surface area contributed by atoms with E-state index >= 15 is 0 Å². The number of nitrogens with one attached hydrogen (secondary N) is 1. The average Bonchev–Trinajstić information content (AvgIpc) is 3.61. The summed E-state index contributed by atoms with van der Waals surface area (Å²) in [6.07, 6.45) is 1.68. The molecular weight excluding hydrogens is 647 g/mol. The lowest BCUT2D eigenvalue weighted by Gasteiger charge is -2.39. The highest BCUT2D eigenvalue weighted by Gasteiger charge is 2.47. The zero-order chi connectivity index (χ0) is 35.1. The van der Waals surface area contributed by atoms with Crippen LogP contribution < -0.4 is 5.32 Å². The predicted octanol–water partition coefficient (Wildman–Crippen LogP) is 6.83. The lowest BCUT2D eigenvalue weighted by atomic mass is 9.97. The van der Waals surface area contributed by atoms with Crippen LogP contribution in [0.3, 0.4) is 0 Å². The van der Waals surface area contributed by atoms with Crippen LogP contribution in [0.2, 0.25) is 0 Å². The fraction of sp³-hybridized carbons (Fsp3) is 0.487. The number of amides is 2. The second-order valence-corrected chi connectivity index (χ2v) is 13.6.